The van der Waals surface area contributed by atoms with Gasteiger partial charge in [-0.25, -0.2) is 4.79 Å². The van der Waals surface area contributed by atoms with Gasteiger partial charge in [-0.3, -0.25) is 0 Å². The van der Waals surface area contributed by atoms with Crippen molar-refractivity contribution >= 4 is 6.09 Å². The Balaban J connectivity index is 2.91. The summed E-state index contributed by atoms with van der Waals surface area (Å²) in [6.07, 6.45) is -0.974. The van der Waals surface area contributed by atoms with E-state index in [4.69, 9.17) is 14.6 Å². The summed E-state index contributed by atoms with van der Waals surface area (Å²) in [5.74, 6) is 1.30. The van der Waals surface area contributed by atoms with E-state index in [0.717, 1.165) is 5.56 Å². The number of nitrogens with zero attached hydrogens (tertiary/aromatic N) is 1. The molecule has 1 amide bonds. The maximum atomic E-state index is 10.7. The van der Waals surface area contributed by atoms with Gasteiger partial charge >= 0.3 is 6.09 Å². The maximum Gasteiger partial charge on any atom is 0.407 e. The molecule has 0 unspecified atom stereocenters. The predicted octanol–water partition coefficient (Wildman–Crippen LogP) is 1.81. The summed E-state index contributed by atoms with van der Waals surface area (Å²) >= 11 is 0. The molecule has 1 aromatic carbocycles. The Kier molecular flexibility index (Phi) is 3.99. The summed E-state index contributed by atoms with van der Waals surface area (Å²) in [6, 6.07) is 5.29. The fraction of sp³-hybridized carbons (Fsp3) is 0.364. The van der Waals surface area contributed by atoms with Gasteiger partial charge in [0.25, 0.3) is 0 Å². The molecule has 1 rings (SSSR count). The van der Waals surface area contributed by atoms with Crippen molar-refractivity contribution in [3.63, 3.8) is 0 Å². The molecule has 5 nitrogen and oxygen atoms in total. The fourth-order valence-corrected chi connectivity index (χ4v) is 1.31. The third-order valence-corrected chi connectivity index (χ3v) is 2.23. The van der Waals surface area contributed by atoms with Gasteiger partial charge in [-0.05, 0) is 12.1 Å². The smallest absolute Gasteiger partial charge is 0.407 e. The second-order valence-electron chi connectivity index (χ2n) is 3.32. The highest BCUT2D eigenvalue weighted by Gasteiger charge is 2.10. The molecule has 1 aromatic rings. The van der Waals surface area contributed by atoms with Crippen molar-refractivity contribution in [2.75, 3.05) is 21.3 Å². The monoisotopic (exact) mass is 225 g/mol. The first-order valence-electron chi connectivity index (χ1n) is 4.73. The van der Waals surface area contributed by atoms with Gasteiger partial charge in [0, 0.05) is 18.7 Å². The molecule has 0 aliphatic heterocycles. The number of hydrogen-bond donors (Lipinski definition) is 1. The van der Waals surface area contributed by atoms with E-state index < -0.39 is 6.09 Å². The third kappa shape index (κ3) is 2.79. The topological polar surface area (TPSA) is 59.0 Å². The normalized spacial score (nSPS) is 9.69. The molecule has 5 heteroatoms. The van der Waals surface area contributed by atoms with Crippen LogP contribution in [-0.2, 0) is 6.54 Å². The van der Waals surface area contributed by atoms with Crippen molar-refractivity contribution in [1.29, 1.82) is 0 Å². The van der Waals surface area contributed by atoms with Gasteiger partial charge in [-0.1, -0.05) is 0 Å². The first-order valence-corrected chi connectivity index (χ1v) is 4.73. The first-order chi connectivity index (χ1) is 7.58. The van der Waals surface area contributed by atoms with Crippen molar-refractivity contribution in [2.45, 2.75) is 6.54 Å². The molecule has 88 valence electrons. The Labute approximate surface area is 94.2 Å². The minimum atomic E-state index is -0.974. The first kappa shape index (κ1) is 12.2. The van der Waals surface area contributed by atoms with E-state index in [1.165, 1.54) is 11.9 Å². The zero-order chi connectivity index (χ0) is 12.1. The number of benzene rings is 1. The highest BCUT2D eigenvalue weighted by atomic mass is 16.5. The largest absolute Gasteiger partial charge is 0.497 e. The van der Waals surface area contributed by atoms with Crippen molar-refractivity contribution in [3.05, 3.63) is 23.8 Å². The lowest BCUT2D eigenvalue weighted by atomic mass is 10.2. The minimum Gasteiger partial charge on any atom is -0.497 e. The van der Waals surface area contributed by atoms with Gasteiger partial charge in [-0.15, -0.1) is 0 Å². The summed E-state index contributed by atoms with van der Waals surface area (Å²) in [6.45, 7) is 0.280. The van der Waals surface area contributed by atoms with Gasteiger partial charge < -0.3 is 19.5 Å². The standard InChI is InChI=1S/C11H15NO4/c1-12(11(13)14)7-8-4-5-9(15-2)6-10(8)16-3/h4-6H,7H2,1-3H3,(H,13,14). The van der Waals surface area contributed by atoms with E-state index in [1.807, 2.05) is 0 Å². The minimum absolute atomic E-state index is 0.280. The van der Waals surface area contributed by atoms with Crippen molar-refractivity contribution in [2.24, 2.45) is 0 Å². The van der Waals surface area contributed by atoms with E-state index in [1.54, 1.807) is 32.4 Å². The molecular formula is C11H15NO4. The molecular weight excluding hydrogens is 210 g/mol. The van der Waals surface area contributed by atoms with E-state index >= 15 is 0 Å². The van der Waals surface area contributed by atoms with E-state index in [2.05, 4.69) is 0 Å². The quantitative estimate of drug-likeness (QED) is 0.849. The van der Waals surface area contributed by atoms with Crippen LogP contribution >= 0.6 is 0 Å². The Morgan fingerprint density at radius 1 is 1.38 bits per heavy atom. The molecule has 0 radical (unpaired) electrons. The average molecular weight is 225 g/mol. The van der Waals surface area contributed by atoms with Crippen molar-refractivity contribution in [1.82, 2.24) is 4.90 Å². The van der Waals surface area contributed by atoms with Crippen LogP contribution in [-0.4, -0.2) is 37.4 Å². The van der Waals surface area contributed by atoms with Crippen LogP contribution < -0.4 is 9.47 Å². The third-order valence-electron chi connectivity index (χ3n) is 2.23. The summed E-state index contributed by atoms with van der Waals surface area (Å²) in [4.78, 5) is 11.9. The van der Waals surface area contributed by atoms with E-state index in [-0.39, 0.29) is 6.54 Å². The van der Waals surface area contributed by atoms with Crippen LogP contribution in [0.2, 0.25) is 0 Å². The number of rotatable bonds is 4. The molecule has 0 aliphatic carbocycles. The number of amides is 1. The highest BCUT2D eigenvalue weighted by molar-refractivity contribution is 5.64. The Bertz CT molecular complexity index is 378. The highest BCUT2D eigenvalue weighted by Crippen LogP contribution is 2.25. The number of methoxy groups -OCH3 is 2. The van der Waals surface area contributed by atoms with Crippen LogP contribution in [0.5, 0.6) is 11.5 Å². The lowest BCUT2D eigenvalue weighted by Gasteiger charge is -2.15. The summed E-state index contributed by atoms with van der Waals surface area (Å²) < 4.78 is 10.2. The zero-order valence-electron chi connectivity index (χ0n) is 9.56. The summed E-state index contributed by atoms with van der Waals surface area (Å²) in [7, 11) is 4.61. The molecule has 0 saturated heterocycles. The van der Waals surface area contributed by atoms with Crippen molar-refractivity contribution < 1.29 is 19.4 Å². The molecule has 0 saturated carbocycles. The van der Waals surface area contributed by atoms with Crippen LogP contribution in [0.1, 0.15) is 5.56 Å². The fourth-order valence-electron chi connectivity index (χ4n) is 1.31. The van der Waals surface area contributed by atoms with Crippen LogP contribution in [0.3, 0.4) is 0 Å². The van der Waals surface area contributed by atoms with Gasteiger partial charge in [-0.2, -0.15) is 0 Å². The number of ether oxygens (including phenoxy) is 2. The Morgan fingerprint density at radius 3 is 2.56 bits per heavy atom. The van der Waals surface area contributed by atoms with Crippen LogP contribution in [0.4, 0.5) is 4.79 Å². The Morgan fingerprint density at radius 2 is 2.06 bits per heavy atom. The lowest BCUT2D eigenvalue weighted by Crippen LogP contribution is -2.24. The molecule has 0 heterocycles. The SMILES string of the molecule is COc1ccc(CN(C)C(=O)O)c(OC)c1. The van der Waals surface area contributed by atoms with Crippen LogP contribution in [0.25, 0.3) is 0 Å². The summed E-state index contributed by atoms with van der Waals surface area (Å²) in [5.41, 5.74) is 0.799. The van der Waals surface area contributed by atoms with Crippen molar-refractivity contribution in [3.8, 4) is 11.5 Å². The molecule has 0 bridgehead atoms. The van der Waals surface area contributed by atoms with Gasteiger partial charge in [0.05, 0.1) is 20.8 Å². The zero-order valence-corrected chi connectivity index (χ0v) is 9.56. The maximum absolute atomic E-state index is 10.7. The predicted molar refractivity (Wildman–Crippen MR) is 59.0 cm³/mol. The molecule has 1 N–H and O–H groups in total. The van der Waals surface area contributed by atoms with Gasteiger partial charge in [0.2, 0.25) is 0 Å². The average Bonchev–Trinajstić information content (AvgIpc) is 2.29. The van der Waals surface area contributed by atoms with Crippen LogP contribution in [0, 0.1) is 0 Å². The molecule has 0 aliphatic rings. The van der Waals surface area contributed by atoms with Gasteiger partial charge in [0.1, 0.15) is 11.5 Å². The molecule has 0 aromatic heterocycles. The van der Waals surface area contributed by atoms with Gasteiger partial charge in [0.15, 0.2) is 0 Å². The molecule has 0 atom stereocenters. The second-order valence-corrected chi connectivity index (χ2v) is 3.32. The number of hydrogen-bond acceptors (Lipinski definition) is 3. The molecule has 16 heavy (non-hydrogen) atoms. The number of carboxylic acid groups (broad SMARTS) is 1. The second kappa shape index (κ2) is 5.25. The van der Waals surface area contributed by atoms with E-state index in [0.29, 0.717) is 11.5 Å². The molecule has 0 spiro atoms. The molecule has 0 fully saturated rings. The number of carbonyl (C=O) groups is 1. The van der Waals surface area contributed by atoms with Crippen LogP contribution in [0.15, 0.2) is 18.2 Å². The van der Waals surface area contributed by atoms with E-state index in [9.17, 15) is 4.79 Å². The summed E-state index contributed by atoms with van der Waals surface area (Å²) in [5, 5.41) is 8.77. The lowest BCUT2D eigenvalue weighted by molar-refractivity contribution is 0.153. The Hall–Kier alpha value is -1.91.